The minimum absolute atomic E-state index is 0.632. The second-order valence-electron chi connectivity index (χ2n) is 5.71. The number of aryl methyl sites for hydroxylation is 1. The molecule has 1 aliphatic rings. The molecule has 2 nitrogen and oxygen atoms in total. The van der Waals surface area contributed by atoms with Crippen molar-refractivity contribution in [3.05, 3.63) is 29.3 Å². The van der Waals surface area contributed by atoms with Gasteiger partial charge in [-0.2, -0.15) is 0 Å². The van der Waals surface area contributed by atoms with E-state index < -0.39 is 0 Å². The SMILES string of the molecule is Cc1cc(CN)ccc1N(C)CC1CCCCC1. The van der Waals surface area contributed by atoms with E-state index in [0.29, 0.717) is 6.54 Å². The van der Waals surface area contributed by atoms with E-state index >= 15 is 0 Å². The fourth-order valence-corrected chi connectivity index (χ4v) is 3.13. The zero-order valence-electron chi connectivity index (χ0n) is 11.8. The van der Waals surface area contributed by atoms with Gasteiger partial charge in [0.2, 0.25) is 0 Å². The molecule has 100 valence electrons. The zero-order valence-corrected chi connectivity index (χ0v) is 11.8. The maximum atomic E-state index is 5.68. The van der Waals surface area contributed by atoms with Crippen LogP contribution in [0.1, 0.15) is 43.2 Å². The highest BCUT2D eigenvalue weighted by Crippen LogP contribution is 2.27. The Kier molecular flexibility index (Phi) is 4.65. The van der Waals surface area contributed by atoms with Gasteiger partial charge in [-0.15, -0.1) is 0 Å². The van der Waals surface area contributed by atoms with Crippen LogP contribution in [0, 0.1) is 12.8 Å². The average molecular weight is 246 g/mol. The van der Waals surface area contributed by atoms with Crippen LogP contribution in [0.25, 0.3) is 0 Å². The third kappa shape index (κ3) is 3.26. The summed E-state index contributed by atoms with van der Waals surface area (Å²) in [5, 5.41) is 0. The molecule has 1 aromatic rings. The molecule has 1 saturated carbocycles. The molecule has 0 unspecified atom stereocenters. The van der Waals surface area contributed by atoms with Gasteiger partial charge in [-0.1, -0.05) is 31.4 Å². The van der Waals surface area contributed by atoms with Gasteiger partial charge in [-0.25, -0.2) is 0 Å². The summed E-state index contributed by atoms with van der Waals surface area (Å²) < 4.78 is 0. The molecule has 0 spiro atoms. The fraction of sp³-hybridized carbons (Fsp3) is 0.625. The van der Waals surface area contributed by atoms with Gasteiger partial charge in [0.1, 0.15) is 0 Å². The van der Waals surface area contributed by atoms with E-state index in [1.807, 2.05) is 0 Å². The number of rotatable bonds is 4. The Bertz CT molecular complexity index is 381. The van der Waals surface area contributed by atoms with Gasteiger partial charge >= 0.3 is 0 Å². The molecule has 0 amide bonds. The van der Waals surface area contributed by atoms with Crippen molar-refractivity contribution in [3.8, 4) is 0 Å². The first kappa shape index (κ1) is 13.4. The van der Waals surface area contributed by atoms with Crippen molar-refractivity contribution in [2.24, 2.45) is 11.7 Å². The molecule has 1 aliphatic carbocycles. The van der Waals surface area contributed by atoms with Gasteiger partial charge in [-0.3, -0.25) is 0 Å². The van der Waals surface area contributed by atoms with Crippen LogP contribution >= 0.6 is 0 Å². The normalized spacial score (nSPS) is 16.8. The van der Waals surface area contributed by atoms with E-state index in [0.717, 1.165) is 5.92 Å². The number of nitrogens with zero attached hydrogens (tertiary/aromatic N) is 1. The van der Waals surface area contributed by atoms with Gasteiger partial charge in [-0.05, 0) is 42.9 Å². The van der Waals surface area contributed by atoms with Crippen molar-refractivity contribution in [3.63, 3.8) is 0 Å². The molecule has 1 fully saturated rings. The molecule has 0 aliphatic heterocycles. The number of nitrogens with two attached hydrogens (primary N) is 1. The molecule has 18 heavy (non-hydrogen) atoms. The van der Waals surface area contributed by atoms with Crippen LogP contribution in [0.3, 0.4) is 0 Å². The van der Waals surface area contributed by atoms with Crippen LogP contribution in [0.4, 0.5) is 5.69 Å². The first-order valence-corrected chi connectivity index (χ1v) is 7.21. The Hall–Kier alpha value is -1.02. The highest BCUT2D eigenvalue weighted by atomic mass is 15.1. The lowest BCUT2D eigenvalue weighted by atomic mass is 9.89. The van der Waals surface area contributed by atoms with Crippen molar-refractivity contribution in [1.29, 1.82) is 0 Å². The number of hydrogen-bond acceptors (Lipinski definition) is 2. The lowest BCUT2D eigenvalue weighted by molar-refractivity contribution is 0.362. The molecule has 2 heteroatoms. The van der Waals surface area contributed by atoms with E-state index in [2.05, 4.69) is 37.1 Å². The Labute approximate surface area is 111 Å². The van der Waals surface area contributed by atoms with Gasteiger partial charge < -0.3 is 10.6 Å². The molecule has 0 bridgehead atoms. The lowest BCUT2D eigenvalue weighted by Gasteiger charge is -2.29. The molecule has 0 saturated heterocycles. The maximum absolute atomic E-state index is 5.68. The smallest absolute Gasteiger partial charge is 0.0393 e. The van der Waals surface area contributed by atoms with Crippen LogP contribution in [-0.4, -0.2) is 13.6 Å². The van der Waals surface area contributed by atoms with Gasteiger partial charge in [0.15, 0.2) is 0 Å². The predicted molar refractivity (Wildman–Crippen MR) is 78.9 cm³/mol. The van der Waals surface area contributed by atoms with Crippen LogP contribution < -0.4 is 10.6 Å². The second-order valence-corrected chi connectivity index (χ2v) is 5.71. The molecule has 0 aromatic heterocycles. The van der Waals surface area contributed by atoms with Crippen molar-refractivity contribution in [1.82, 2.24) is 0 Å². The zero-order chi connectivity index (χ0) is 13.0. The Morgan fingerprint density at radius 1 is 1.22 bits per heavy atom. The fourth-order valence-electron chi connectivity index (χ4n) is 3.13. The van der Waals surface area contributed by atoms with E-state index in [1.165, 1.54) is 55.5 Å². The molecule has 2 rings (SSSR count). The van der Waals surface area contributed by atoms with Crippen molar-refractivity contribution in [2.75, 3.05) is 18.5 Å². The molecule has 0 heterocycles. The summed E-state index contributed by atoms with van der Waals surface area (Å²) in [6, 6.07) is 6.59. The van der Waals surface area contributed by atoms with Crippen molar-refractivity contribution >= 4 is 5.69 Å². The summed E-state index contributed by atoms with van der Waals surface area (Å²) in [7, 11) is 2.22. The third-order valence-electron chi connectivity index (χ3n) is 4.16. The van der Waals surface area contributed by atoms with Crippen LogP contribution in [-0.2, 0) is 6.54 Å². The van der Waals surface area contributed by atoms with Crippen LogP contribution in [0.15, 0.2) is 18.2 Å². The van der Waals surface area contributed by atoms with E-state index in [9.17, 15) is 0 Å². The summed E-state index contributed by atoms with van der Waals surface area (Å²) in [6.07, 6.45) is 7.09. The second kappa shape index (κ2) is 6.24. The van der Waals surface area contributed by atoms with Gasteiger partial charge in [0, 0.05) is 25.8 Å². The predicted octanol–water partition coefficient (Wildman–Crippen LogP) is 3.47. The third-order valence-corrected chi connectivity index (χ3v) is 4.16. The van der Waals surface area contributed by atoms with Crippen molar-refractivity contribution in [2.45, 2.75) is 45.6 Å². The molecular weight excluding hydrogens is 220 g/mol. The summed E-state index contributed by atoms with van der Waals surface area (Å²) in [5.74, 6) is 0.886. The minimum Gasteiger partial charge on any atom is -0.374 e. The van der Waals surface area contributed by atoms with Crippen LogP contribution in [0.5, 0.6) is 0 Å². The molecular formula is C16H26N2. The first-order chi connectivity index (χ1) is 8.70. The standard InChI is InChI=1S/C16H26N2/c1-13-10-15(11-17)8-9-16(13)18(2)12-14-6-4-3-5-7-14/h8-10,14H,3-7,11-12,17H2,1-2H3. The van der Waals surface area contributed by atoms with Crippen LogP contribution in [0.2, 0.25) is 0 Å². The average Bonchev–Trinajstić information content (AvgIpc) is 2.39. The molecule has 1 aromatic carbocycles. The summed E-state index contributed by atoms with van der Waals surface area (Å²) >= 11 is 0. The molecule has 2 N–H and O–H groups in total. The first-order valence-electron chi connectivity index (χ1n) is 7.21. The van der Waals surface area contributed by atoms with E-state index in [1.54, 1.807) is 0 Å². The minimum atomic E-state index is 0.632. The Morgan fingerprint density at radius 2 is 1.94 bits per heavy atom. The number of hydrogen-bond donors (Lipinski definition) is 1. The topological polar surface area (TPSA) is 29.3 Å². The molecule has 0 radical (unpaired) electrons. The number of anilines is 1. The Balaban J connectivity index is 2.01. The summed E-state index contributed by atoms with van der Waals surface area (Å²) in [6.45, 7) is 4.02. The van der Waals surface area contributed by atoms with E-state index in [4.69, 9.17) is 5.73 Å². The lowest BCUT2D eigenvalue weighted by Crippen LogP contribution is -2.27. The summed E-state index contributed by atoms with van der Waals surface area (Å²) in [4.78, 5) is 2.42. The number of benzene rings is 1. The van der Waals surface area contributed by atoms with Gasteiger partial charge in [0.25, 0.3) is 0 Å². The largest absolute Gasteiger partial charge is 0.374 e. The monoisotopic (exact) mass is 246 g/mol. The Morgan fingerprint density at radius 3 is 2.56 bits per heavy atom. The van der Waals surface area contributed by atoms with Crippen molar-refractivity contribution < 1.29 is 0 Å². The highest BCUT2D eigenvalue weighted by molar-refractivity contribution is 5.53. The summed E-state index contributed by atoms with van der Waals surface area (Å²) in [5.41, 5.74) is 9.61. The van der Waals surface area contributed by atoms with E-state index in [-0.39, 0.29) is 0 Å². The highest BCUT2D eigenvalue weighted by Gasteiger charge is 2.16. The van der Waals surface area contributed by atoms with Gasteiger partial charge in [0.05, 0.1) is 0 Å². The molecule has 0 atom stereocenters. The quantitative estimate of drug-likeness (QED) is 0.881. The maximum Gasteiger partial charge on any atom is 0.0393 e.